The van der Waals surface area contributed by atoms with Crippen LogP contribution in [0.2, 0.25) is 0 Å². The Kier molecular flexibility index (Phi) is 5.00. The number of nitrogens with one attached hydrogen (secondary N) is 2. The first-order chi connectivity index (χ1) is 12.3. The van der Waals surface area contributed by atoms with Crippen molar-refractivity contribution in [1.82, 2.24) is 10.6 Å². The molecule has 4 saturated carbocycles. The van der Waals surface area contributed by atoms with E-state index in [0.29, 0.717) is 34.6 Å². The van der Waals surface area contributed by atoms with Gasteiger partial charge in [0.15, 0.2) is 0 Å². The average molecular weight is 363 g/mol. The van der Waals surface area contributed by atoms with Crippen molar-refractivity contribution < 1.29 is 9.53 Å². The predicted octanol–water partition coefficient (Wildman–Crippen LogP) is 4.34. The van der Waals surface area contributed by atoms with Gasteiger partial charge in [-0.3, -0.25) is 0 Å². The van der Waals surface area contributed by atoms with Crippen molar-refractivity contribution in [2.75, 3.05) is 19.8 Å². The zero-order valence-electron chi connectivity index (χ0n) is 17.0. The van der Waals surface area contributed by atoms with Crippen LogP contribution in [0, 0.1) is 34.5 Å². The van der Waals surface area contributed by atoms with Crippen molar-refractivity contribution in [2.24, 2.45) is 34.5 Å². The van der Waals surface area contributed by atoms with Crippen LogP contribution < -0.4 is 10.6 Å². The van der Waals surface area contributed by atoms with Gasteiger partial charge in [0.25, 0.3) is 0 Å². The van der Waals surface area contributed by atoms with Gasteiger partial charge in [0, 0.05) is 25.8 Å². The quantitative estimate of drug-likeness (QED) is 0.781. The lowest BCUT2D eigenvalue weighted by molar-refractivity contribution is -0.0902. The molecule has 0 aromatic carbocycles. The molecule has 0 radical (unpaired) electrons. The highest BCUT2D eigenvalue weighted by Gasteiger charge is 2.56. The van der Waals surface area contributed by atoms with Gasteiger partial charge >= 0.3 is 6.03 Å². The first-order valence-corrected chi connectivity index (χ1v) is 10.9. The van der Waals surface area contributed by atoms with Crippen LogP contribution in [-0.2, 0) is 4.74 Å². The Balaban J connectivity index is 1.32. The standard InChI is InChI=1S/C22H38N2O2/c1-21(2,3)14-22-10-16-8-17(11-22)19(18(9-16)12-22)24-20(25)23-13-15-4-6-26-7-5-15/h15-19H,4-14H2,1-3H3,(H2,23,24,25). The fourth-order valence-electron chi connectivity index (χ4n) is 7.16. The van der Waals surface area contributed by atoms with Crippen molar-refractivity contribution in [3.63, 3.8) is 0 Å². The molecule has 148 valence electrons. The third kappa shape index (κ3) is 4.05. The topological polar surface area (TPSA) is 50.4 Å². The fraction of sp³-hybridized carbons (Fsp3) is 0.955. The highest BCUT2D eigenvalue weighted by molar-refractivity contribution is 5.74. The number of carbonyl (C=O) groups excluding carboxylic acids is 1. The van der Waals surface area contributed by atoms with E-state index < -0.39 is 0 Å². The van der Waals surface area contributed by atoms with Gasteiger partial charge in [0.05, 0.1) is 0 Å². The number of urea groups is 1. The molecule has 1 saturated heterocycles. The molecule has 4 bridgehead atoms. The number of rotatable bonds is 4. The minimum Gasteiger partial charge on any atom is -0.381 e. The van der Waals surface area contributed by atoms with Crippen LogP contribution in [0.3, 0.4) is 0 Å². The Morgan fingerprint density at radius 3 is 2.35 bits per heavy atom. The summed E-state index contributed by atoms with van der Waals surface area (Å²) in [5.74, 6) is 2.91. The summed E-state index contributed by atoms with van der Waals surface area (Å²) >= 11 is 0. The molecule has 4 nitrogen and oxygen atoms in total. The number of ether oxygens (including phenoxy) is 1. The zero-order chi connectivity index (χ0) is 18.4. The molecule has 26 heavy (non-hydrogen) atoms. The van der Waals surface area contributed by atoms with Crippen LogP contribution in [0.4, 0.5) is 4.79 Å². The molecule has 1 aliphatic heterocycles. The lowest BCUT2D eigenvalue weighted by atomic mass is 9.46. The van der Waals surface area contributed by atoms with Crippen molar-refractivity contribution in [1.29, 1.82) is 0 Å². The number of hydrogen-bond acceptors (Lipinski definition) is 2. The summed E-state index contributed by atoms with van der Waals surface area (Å²) in [6.45, 7) is 9.67. The van der Waals surface area contributed by atoms with E-state index in [1.165, 1.54) is 38.5 Å². The SMILES string of the molecule is CC(C)(C)CC12CC3CC(C1)C(NC(=O)NCC1CCOCC1)C(C3)C2. The van der Waals surface area contributed by atoms with E-state index in [0.717, 1.165) is 38.5 Å². The van der Waals surface area contributed by atoms with Gasteiger partial charge in [0.2, 0.25) is 0 Å². The second kappa shape index (κ2) is 7.00. The highest BCUT2D eigenvalue weighted by atomic mass is 16.5. The first-order valence-electron chi connectivity index (χ1n) is 10.9. The van der Waals surface area contributed by atoms with E-state index in [1.54, 1.807) is 0 Å². The maximum atomic E-state index is 12.5. The Morgan fingerprint density at radius 1 is 1.08 bits per heavy atom. The third-order valence-corrected chi connectivity index (χ3v) is 7.50. The van der Waals surface area contributed by atoms with Crippen LogP contribution in [0.1, 0.15) is 72.1 Å². The van der Waals surface area contributed by atoms with E-state index >= 15 is 0 Å². The van der Waals surface area contributed by atoms with Crippen molar-refractivity contribution in [2.45, 2.75) is 78.2 Å². The molecule has 4 aliphatic carbocycles. The summed E-state index contributed by atoms with van der Waals surface area (Å²) in [6.07, 6.45) is 10.3. The van der Waals surface area contributed by atoms with Gasteiger partial charge in [-0.1, -0.05) is 20.8 Å². The first kappa shape index (κ1) is 18.6. The fourth-order valence-corrected chi connectivity index (χ4v) is 7.16. The van der Waals surface area contributed by atoms with Crippen LogP contribution in [0.5, 0.6) is 0 Å². The molecule has 5 aliphatic rings. The molecular formula is C22H38N2O2. The van der Waals surface area contributed by atoms with Crippen molar-refractivity contribution in [3.05, 3.63) is 0 Å². The van der Waals surface area contributed by atoms with E-state index in [1.807, 2.05) is 0 Å². The number of carbonyl (C=O) groups is 1. The highest BCUT2D eigenvalue weighted by Crippen LogP contribution is 2.63. The molecule has 5 fully saturated rings. The predicted molar refractivity (Wildman–Crippen MR) is 104 cm³/mol. The molecule has 0 spiro atoms. The van der Waals surface area contributed by atoms with Crippen molar-refractivity contribution >= 4 is 6.03 Å². The van der Waals surface area contributed by atoms with Gasteiger partial charge in [-0.15, -0.1) is 0 Å². The molecule has 0 aromatic heterocycles. The minimum absolute atomic E-state index is 0.0684. The monoisotopic (exact) mass is 362 g/mol. The van der Waals surface area contributed by atoms with Crippen LogP contribution in [-0.4, -0.2) is 31.8 Å². The van der Waals surface area contributed by atoms with Gasteiger partial charge in [-0.25, -0.2) is 4.79 Å². The Hall–Kier alpha value is -0.770. The summed E-state index contributed by atoms with van der Waals surface area (Å²) < 4.78 is 5.41. The Labute approximate surface area is 159 Å². The van der Waals surface area contributed by atoms with Gasteiger partial charge in [0.1, 0.15) is 0 Å². The van der Waals surface area contributed by atoms with E-state index in [9.17, 15) is 4.79 Å². The number of hydrogen-bond donors (Lipinski definition) is 2. The molecule has 0 aromatic rings. The number of amides is 2. The molecular weight excluding hydrogens is 324 g/mol. The van der Waals surface area contributed by atoms with Crippen LogP contribution in [0.25, 0.3) is 0 Å². The summed E-state index contributed by atoms with van der Waals surface area (Å²) in [6, 6.07) is 0.480. The van der Waals surface area contributed by atoms with Crippen molar-refractivity contribution in [3.8, 4) is 0 Å². The van der Waals surface area contributed by atoms with E-state index in [2.05, 4.69) is 31.4 Å². The second-order valence-electron chi connectivity index (χ2n) is 11.1. The molecule has 2 atom stereocenters. The van der Waals surface area contributed by atoms with Crippen LogP contribution >= 0.6 is 0 Å². The minimum atomic E-state index is 0.0684. The molecule has 5 rings (SSSR count). The second-order valence-corrected chi connectivity index (χ2v) is 11.1. The summed E-state index contributed by atoms with van der Waals surface area (Å²) in [7, 11) is 0. The molecule has 2 amide bonds. The molecule has 1 heterocycles. The Morgan fingerprint density at radius 2 is 1.73 bits per heavy atom. The zero-order valence-corrected chi connectivity index (χ0v) is 17.0. The lowest BCUT2D eigenvalue weighted by Gasteiger charge is -2.61. The summed E-state index contributed by atoms with van der Waals surface area (Å²) in [5, 5.41) is 6.55. The van der Waals surface area contributed by atoms with Crippen LogP contribution in [0.15, 0.2) is 0 Å². The van der Waals surface area contributed by atoms with Gasteiger partial charge in [-0.2, -0.15) is 0 Å². The lowest BCUT2D eigenvalue weighted by Crippen LogP contribution is -2.61. The average Bonchev–Trinajstić information content (AvgIpc) is 2.54. The normalized spacial score (nSPS) is 39.8. The summed E-state index contributed by atoms with van der Waals surface area (Å²) in [5.41, 5.74) is 0.973. The summed E-state index contributed by atoms with van der Waals surface area (Å²) in [4.78, 5) is 12.5. The molecule has 4 heteroatoms. The van der Waals surface area contributed by atoms with Gasteiger partial charge in [-0.05, 0) is 85.9 Å². The van der Waals surface area contributed by atoms with E-state index in [-0.39, 0.29) is 6.03 Å². The largest absolute Gasteiger partial charge is 0.381 e. The maximum Gasteiger partial charge on any atom is 0.315 e. The van der Waals surface area contributed by atoms with Gasteiger partial charge < -0.3 is 15.4 Å². The third-order valence-electron chi connectivity index (χ3n) is 7.50. The maximum absolute atomic E-state index is 12.5. The molecule has 2 unspecified atom stereocenters. The van der Waals surface area contributed by atoms with E-state index in [4.69, 9.17) is 4.74 Å². The molecule has 2 N–H and O–H groups in total. The smallest absolute Gasteiger partial charge is 0.315 e. The Bertz CT molecular complexity index is 505.